The summed E-state index contributed by atoms with van der Waals surface area (Å²) < 4.78 is 1.76. The highest BCUT2D eigenvalue weighted by Gasteiger charge is 2.21. The Kier molecular flexibility index (Phi) is 5.91. The maximum atomic E-state index is 12.6. The maximum Gasteiger partial charge on any atom is 0.241 e. The van der Waals surface area contributed by atoms with E-state index in [-0.39, 0.29) is 11.9 Å². The van der Waals surface area contributed by atoms with E-state index in [0.717, 1.165) is 22.6 Å². The van der Waals surface area contributed by atoms with Gasteiger partial charge in [-0.15, -0.1) is 0 Å². The number of benzene rings is 1. The Hall–Kier alpha value is -1.56. The van der Waals surface area contributed by atoms with Gasteiger partial charge in [0.05, 0.1) is 33.2 Å². The van der Waals surface area contributed by atoms with E-state index in [9.17, 15) is 4.79 Å². The number of nitrogens with zero attached hydrogens (tertiary/aromatic N) is 3. The van der Waals surface area contributed by atoms with E-state index in [1.54, 1.807) is 10.7 Å². The fourth-order valence-electron chi connectivity index (χ4n) is 2.46. The minimum absolute atomic E-state index is 0.0881. The number of hydrogen-bond acceptors (Lipinski definition) is 3. The number of nitrogens with one attached hydrogen (secondary N) is 1. The molecule has 1 aromatic heterocycles. The standard InChI is InChI=1S/C17H22Cl2N4O/c1-10-16(11(2)23(5)21-10)20-17(24)12(3)22(4)9-13-7-6-8-14(18)15(13)19/h6-8,12H,9H2,1-5H3,(H,20,24)/t12-/m1/s1. The first-order valence-electron chi connectivity index (χ1n) is 7.66. The quantitative estimate of drug-likeness (QED) is 0.872. The zero-order valence-corrected chi connectivity index (χ0v) is 16.0. The molecule has 0 aliphatic heterocycles. The van der Waals surface area contributed by atoms with Gasteiger partial charge in [0.15, 0.2) is 0 Å². The van der Waals surface area contributed by atoms with Crippen molar-refractivity contribution in [3.05, 3.63) is 45.2 Å². The van der Waals surface area contributed by atoms with Crippen molar-refractivity contribution in [1.82, 2.24) is 14.7 Å². The molecule has 2 rings (SSSR count). The second-order valence-electron chi connectivity index (χ2n) is 5.96. The van der Waals surface area contributed by atoms with Crippen molar-refractivity contribution in [1.29, 1.82) is 0 Å². The molecule has 0 aliphatic rings. The first-order valence-corrected chi connectivity index (χ1v) is 8.42. The summed E-state index contributed by atoms with van der Waals surface area (Å²) in [5, 5.41) is 8.32. The van der Waals surface area contributed by atoms with Gasteiger partial charge in [0.1, 0.15) is 0 Å². The fourth-order valence-corrected chi connectivity index (χ4v) is 2.84. The zero-order chi connectivity index (χ0) is 18.0. The van der Waals surface area contributed by atoms with Crippen LogP contribution in [-0.2, 0) is 18.4 Å². The average Bonchev–Trinajstić information content (AvgIpc) is 2.77. The van der Waals surface area contributed by atoms with E-state index in [1.807, 2.05) is 51.9 Å². The van der Waals surface area contributed by atoms with Crippen molar-refractivity contribution in [2.24, 2.45) is 7.05 Å². The molecule has 24 heavy (non-hydrogen) atoms. The summed E-state index contributed by atoms with van der Waals surface area (Å²) in [5.41, 5.74) is 3.38. The van der Waals surface area contributed by atoms with Gasteiger partial charge in [-0.25, -0.2) is 0 Å². The highest BCUT2D eigenvalue weighted by Crippen LogP contribution is 2.27. The lowest BCUT2D eigenvalue weighted by molar-refractivity contribution is -0.120. The molecular formula is C17H22Cl2N4O. The van der Waals surface area contributed by atoms with Crippen molar-refractivity contribution in [3.63, 3.8) is 0 Å². The first-order chi connectivity index (χ1) is 11.2. The van der Waals surface area contributed by atoms with Crippen molar-refractivity contribution < 1.29 is 4.79 Å². The van der Waals surface area contributed by atoms with Crippen molar-refractivity contribution >= 4 is 34.8 Å². The SMILES string of the molecule is Cc1nn(C)c(C)c1NC(=O)[C@@H](C)N(C)Cc1cccc(Cl)c1Cl. The Morgan fingerprint density at radius 2 is 2.04 bits per heavy atom. The summed E-state index contributed by atoms with van der Waals surface area (Å²) in [6, 6.07) is 5.17. The minimum atomic E-state index is -0.334. The van der Waals surface area contributed by atoms with E-state index < -0.39 is 0 Å². The Balaban J connectivity index is 2.08. The molecular weight excluding hydrogens is 347 g/mol. The molecule has 0 saturated carbocycles. The summed E-state index contributed by atoms with van der Waals surface area (Å²) in [4.78, 5) is 14.5. The van der Waals surface area contributed by atoms with Crippen LogP contribution in [0.2, 0.25) is 10.0 Å². The van der Waals surface area contributed by atoms with Crippen LogP contribution in [0.15, 0.2) is 18.2 Å². The lowest BCUT2D eigenvalue weighted by atomic mass is 10.1. The topological polar surface area (TPSA) is 50.2 Å². The van der Waals surface area contributed by atoms with Crippen LogP contribution in [0.4, 0.5) is 5.69 Å². The molecule has 0 aliphatic carbocycles. The Morgan fingerprint density at radius 1 is 1.38 bits per heavy atom. The van der Waals surface area contributed by atoms with E-state index in [4.69, 9.17) is 23.2 Å². The fraction of sp³-hybridized carbons (Fsp3) is 0.412. The van der Waals surface area contributed by atoms with Crippen LogP contribution < -0.4 is 5.32 Å². The number of anilines is 1. The van der Waals surface area contributed by atoms with Crippen molar-refractivity contribution in [2.45, 2.75) is 33.4 Å². The molecule has 2 aromatic rings. The molecule has 5 nitrogen and oxygen atoms in total. The second-order valence-corrected chi connectivity index (χ2v) is 6.75. The minimum Gasteiger partial charge on any atom is -0.322 e. The average molecular weight is 369 g/mol. The van der Waals surface area contributed by atoms with Gasteiger partial charge >= 0.3 is 0 Å². The summed E-state index contributed by atoms with van der Waals surface area (Å²) in [7, 11) is 3.74. The number of carbonyl (C=O) groups excluding carboxylic acids is 1. The van der Waals surface area contributed by atoms with Crippen LogP contribution in [0.5, 0.6) is 0 Å². The largest absolute Gasteiger partial charge is 0.322 e. The summed E-state index contributed by atoms with van der Waals surface area (Å²) in [6.45, 7) is 6.19. The van der Waals surface area contributed by atoms with E-state index >= 15 is 0 Å². The Morgan fingerprint density at radius 3 is 2.62 bits per heavy atom. The molecule has 0 unspecified atom stereocenters. The molecule has 0 bridgehead atoms. The number of amides is 1. The molecule has 1 atom stereocenters. The second kappa shape index (κ2) is 7.55. The third-order valence-electron chi connectivity index (χ3n) is 4.25. The van der Waals surface area contributed by atoms with Gasteiger partial charge in [0, 0.05) is 13.6 Å². The van der Waals surface area contributed by atoms with Crippen molar-refractivity contribution in [3.8, 4) is 0 Å². The molecule has 1 amide bonds. The molecule has 7 heteroatoms. The molecule has 1 heterocycles. The number of likely N-dealkylation sites (N-methyl/N-ethyl adjacent to an activating group) is 1. The predicted molar refractivity (Wildman–Crippen MR) is 98.7 cm³/mol. The number of carbonyl (C=O) groups is 1. The van der Waals surface area contributed by atoms with Gasteiger partial charge < -0.3 is 5.32 Å². The Labute approximate surface area is 152 Å². The highest BCUT2D eigenvalue weighted by molar-refractivity contribution is 6.42. The van der Waals surface area contributed by atoms with Gasteiger partial charge in [0.2, 0.25) is 5.91 Å². The summed E-state index contributed by atoms with van der Waals surface area (Å²) in [6.07, 6.45) is 0. The molecule has 1 N–H and O–H groups in total. The zero-order valence-electron chi connectivity index (χ0n) is 14.5. The molecule has 130 valence electrons. The Bertz CT molecular complexity index is 757. The van der Waals surface area contributed by atoms with Gasteiger partial charge in [-0.05, 0) is 39.4 Å². The van der Waals surface area contributed by atoms with Crippen LogP contribution in [0.3, 0.4) is 0 Å². The lowest BCUT2D eigenvalue weighted by Gasteiger charge is -2.24. The number of hydrogen-bond donors (Lipinski definition) is 1. The normalized spacial score (nSPS) is 12.5. The van der Waals surface area contributed by atoms with Gasteiger partial charge in [0.25, 0.3) is 0 Å². The van der Waals surface area contributed by atoms with Crippen molar-refractivity contribution in [2.75, 3.05) is 12.4 Å². The molecule has 0 fully saturated rings. The third-order valence-corrected chi connectivity index (χ3v) is 5.11. The monoisotopic (exact) mass is 368 g/mol. The van der Waals surface area contributed by atoms with Gasteiger partial charge in [-0.1, -0.05) is 35.3 Å². The van der Waals surface area contributed by atoms with Gasteiger partial charge in [-0.2, -0.15) is 5.10 Å². The van der Waals surface area contributed by atoms with E-state index in [2.05, 4.69) is 10.4 Å². The third kappa shape index (κ3) is 3.91. The smallest absolute Gasteiger partial charge is 0.241 e. The molecule has 0 saturated heterocycles. The number of rotatable bonds is 5. The molecule has 1 aromatic carbocycles. The van der Waals surface area contributed by atoms with Crippen LogP contribution in [0.25, 0.3) is 0 Å². The molecule has 0 spiro atoms. The first kappa shape index (κ1) is 18.8. The van der Waals surface area contributed by atoms with Crippen LogP contribution in [0.1, 0.15) is 23.9 Å². The number of aryl methyl sites for hydroxylation is 2. The van der Waals surface area contributed by atoms with Crippen LogP contribution >= 0.6 is 23.2 Å². The molecule has 0 radical (unpaired) electrons. The maximum absolute atomic E-state index is 12.6. The number of aromatic nitrogens is 2. The summed E-state index contributed by atoms with van der Waals surface area (Å²) in [5.74, 6) is -0.0881. The predicted octanol–water partition coefficient (Wildman–Crippen LogP) is 3.80. The van der Waals surface area contributed by atoms with E-state index in [0.29, 0.717) is 16.6 Å². The van der Waals surface area contributed by atoms with E-state index in [1.165, 1.54) is 0 Å². The number of halogens is 2. The highest BCUT2D eigenvalue weighted by atomic mass is 35.5. The van der Waals surface area contributed by atoms with Crippen LogP contribution in [0, 0.1) is 13.8 Å². The van der Waals surface area contributed by atoms with Crippen LogP contribution in [-0.4, -0.2) is 33.7 Å². The van der Waals surface area contributed by atoms with Gasteiger partial charge in [-0.3, -0.25) is 14.4 Å². The summed E-state index contributed by atoms with van der Waals surface area (Å²) >= 11 is 12.3. The lowest BCUT2D eigenvalue weighted by Crippen LogP contribution is -2.39.